The Morgan fingerprint density at radius 1 is 1.17 bits per heavy atom. The number of hydrogen-bond donors (Lipinski definition) is 1. The van der Waals surface area contributed by atoms with Gasteiger partial charge in [0.05, 0.1) is 18.0 Å². The van der Waals surface area contributed by atoms with Crippen LogP contribution in [0, 0.1) is 13.8 Å². The maximum Gasteiger partial charge on any atom is 0.241 e. The van der Waals surface area contributed by atoms with Crippen molar-refractivity contribution in [3.05, 3.63) is 35.4 Å². The van der Waals surface area contributed by atoms with Crippen LogP contribution in [-0.2, 0) is 10.0 Å². The minimum atomic E-state index is -3.72. The summed E-state index contributed by atoms with van der Waals surface area (Å²) in [5, 5.41) is 7.93. The lowest BCUT2D eigenvalue weighted by molar-refractivity contribution is 0.410. The summed E-state index contributed by atoms with van der Waals surface area (Å²) in [6.45, 7) is 9.37. The van der Waals surface area contributed by atoms with E-state index in [1.807, 2.05) is 25.3 Å². The molecule has 8 heteroatoms. The van der Waals surface area contributed by atoms with Crippen molar-refractivity contribution in [3.63, 3.8) is 0 Å². The molecule has 0 saturated carbocycles. The number of rotatable bonds is 6. The number of aromatic nitrogens is 3. The average molecular weight is 352 g/mol. The Kier molecular flexibility index (Phi) is 5.29. The molecule has 0 fully saturated rings. The highest BCUT2D eigenvalue weighted by Gasteiger charge is 2.24. The van der Waals surface area contributed by atoms with Gasteiger partial charge in [-0.2, -0.15) is 0 Å². The lowest BCUT2D eigenvalue weighted by atomic mass is 10.1. The first-order chi connectivity index (χ1) is 11.2. The van der Waals surface area contributed by atoms with Gasteiger partial charge in [-0.3, -0.25) is 0 Å². The molecule has 0 spiro atoms. The smallest absolute Gasteiger partial charge is 0.241 e. The SMILES string of the molecule is COc1cc(S(=O)(=O)N[C@@H](C)c2nncn2C(C)C)c(C)cc1C. The molecular weight excluding hydrogens is 328 g/mol. The summed E-state index contributed by atoms with van der Waals surface area (Å²) in [7, 11) is -2.20. The van der Waals surface area contributed by atoms with Crippen molar-refractivity contribution in [2.75, 3.05) is 7.11 Å². The molecule has 2 aromatic rings. The number of benzene rings is 1. The molecule has 0 aliphatic carbocycles. The van der Waals surface area contributed by atoms with Crippen LogP contribution in [0.2, 0.25) is 0 Å². The Labute approximate surface area is 143 Å². The van der Waals surface area contributed by atoms with Gasteiger partial charge >= 0.3 is 0 Å². The molecule has 1 aromatic heterocycles. The Balaban J connectivity index is 2.36. The van der Waals surface area contributed by atoms with Crippen molar-refractivity contribution in [2.45, 2.75) is 51.6 Å². The summed E-state index contributed by atoms with van der Waals surface area (Å²) < 4.78 is 35.4. The van der Waals surface area contributed by atoms with E-state index >= 15 is 0 Å². The summed E-state index contributed by atoms with van der Waals surface area (Å²) in [5.74, 6) is 1.12. The van der Waals surface area contributed by atoms with Gasteiger partial charge < -0.3 is 9.30 Å². The zero-order chi connectivity index (χ0) is 18.1. The van der Waals surface area contributed by atoms with Gasteiger partial charge in [0.1, 0.15) is 12.1 Å². The monoisotopic (exact) mass is 352 g/mol. The molecule has 1 heterocycles. The van der Waals surface area contributed by atoms with Crippen LogP contribution in [0.4, 0.5) is 0 Å². The van der Waals surface area contributed by atoms with Crippen LogP contribution in [0.15, 0.2) is 23.4 Å². The van der Waals surface area contributed by atoms with E-state index in [2.05, 4.69) is 14.9 Å². The van der Waals surface area contributed by atoms with Crippen molar-refractivity contribution >= 4 is 10.0 Å². The summed E-state index contributed by atoms with van der Waals surface area (Å²) in [5.41, 5.74) is 1.56. The standard InChI is InChI=1S/C16H24N4O3S/c1-10(2)20-9-17-18-16(20)13(5)19-24(21,22)15-8-14(23-6)11(3)7-12(15)4/h7-10,13,19H,1-6H3/t13-/m0/s1. The molecule has 1 aromatic carbocycles. The lowest BCUT2D eigenvalue weighted by Crippen LogP contribution is -2.29. The maximum absolute atomic E-state index is 12.8. The number of aryl methyl sites for hydroxylation is 2. The first-order valence-corrected chi connectivity index (χ1v) is 9.22. The average Bonchev–Trinajstić information content (AvgIpc) is 2.96. The summed E-state index contributed by atoms with van der Waals surface area (Å²) in [6, 6.07) is 2.98. The number of sulfonamides is 1. The highest BCUT2D eigenvalue weighted by atomic mass is 32.2. The van der Waals surface area contributed by atoms with E-state index < -0.39 is 16.1 Å². The highest BCUT2D eigenvalue weighted by Crippen LogP contribution is 2.27. The van der Waals surface area contributed by atoms with E-state index in [4.69, 9.17) is 4.74 Å². The van der Waals surface area contributed by atoms with Crippen molar-refractivity contribution < 1.29 is 13.2 Å². The van der Waals surface area contributed by atoms with Gasteiger partial charge in [0.15, 0.2) is 5.82 Å². The predicted molar refractivity (Wildman–Crippen MR) is 91.6 cm³/mol. The van der Waals surface area contributed by atoms with Gasteiger partial charge in [0, 0.05) is 12.1 Å². The second-order valence-corrected chi connectivity index (χ2v) is 7.80. The normalized spacial score (nSPS) is 13.3. The van der Waals surface area contributed by atoms with Gasteiger partial charge in [0.25, 0.3) is 0 Å². The van der Waals surface area contributed by atoms with Crippen LogP contribution in [0.1, 0.15) is 49.8 Å². The van der Waals surface area contributed by atoms with E-state index in [0.29, 0.717) is 17.1 Å². The molecule has 24 heavy (non-hydrogen) atoms. The first-order valence-electron chi connectivity index (χ1n) is 7.74. The van der Waals surface area contributed by atoms with Gasteiger partial charge in [-0.25, -0.2) is 13.1 Å². The number of ether oxygens (including phenoxy) is 1. The summed E-state index contributed by atoms with van der Waals surface area (Å²) >= 11 is 0. The molecule has 132 valence electrons. The molecule has 0 saturated heterocycles. The van der Waals surface area contributed by atoms with Crippen LogP contribution in [0.3, 0.4) is 0 Å². The van der Waals surface area contributed by atoms with E-state index in [-0.39, 0.29) is 10.9 Å². The number of nitrogens with zero attached hydrogens (tertiary/aromatic N) is 3. The second kappa shape index (κ2) is 6.90. The van der Waals surface area contributed by atoms with Crippen molar-refractivity contribution in [2.24, 2.45) is 0 Å². The second-order valence-electron chi connectivity index (χ2n) is 6.12. The first kappa shape index (κ1) is 18.4. The zero-order valence-electron chi connectivity index (χ0n) is 14.9. The predicted octanol–water partition coefficient (Wildman–Crippen LogP) is 2.52. The molecule has 0 amide bonds. The summed E-state index contributed by atoms with van der Waals surface area (Å²) in [6.07, 6.45) is 1.60. The Hall–Kier alpha value is -1.93. The van der Waals surface area contributed by atoms with Gasteiger partial charge in [-0.15, -0.1) is 10.2 Å². The van der Waals surface area contributed by atoms with E-state index in [0.717, 1.165) is 5.56 Å². The fraction of sp³-hybridized carbons (Fsp3) is 0.500. The summed E-state index contributed by atoms with van der Waals surface area (Å²) in [4.78, 5) is 0.201. The Bertz CT molecular complexity index is 828. The highest BCUT2D eigenvalue weighted by molar-refractivity contribution is 7.89. The Morgan fingerprint density at radius 3 is 2.42 bits per heavy atom. The molecule has 0 bridgehead atoms. The maximum atomic E-state index is 12.8. The van der Waals surface area contributed by atoms with Crippen LogP contribution < -0.4 is 9.46 Å². The van der Waals surface area contributed by atoms with Crippen molar-refractivity contribution in [3.8, 4) is 5.75 Å². The molecule has 0 aliphatic rings. The van der Waals surface area contributed by atoms with Crippen LogP contribution in [-0.4, -0.2) is 30.3 Å². The van der Waals surface area contributed by atoms with Crippen LogP contribution in [0.25, 0.3) is 0 Å². The molecule has 0 aliphatic heterocycles. The Morgan fingerprint density at radius 2 is 1.83 bits per heavy atom. The molecule has 1 N–H and O–H groups in total. The topological polar surface area (TPSA) is 86.1 Å². The molecule has 7 nitrogen and oxygen atoms in total. The largest absolute Gasteiger partial charge is 0.496 e. The number of methoxy groups -OCH3 is 1. The van der Waals surface area contributed by atoms with E-state index in [1.54, 1.807) is 32.3 Å². The third kappa shape index (κ3) is 3.59. The van der Waals surface area contributed by atoms with Crippen LogP contribution >= 0.6 is 0 Å². The van der Waals surface area contributed by atoms with Gasteiger partial charge in [-0.05, 0) is 45.7 Å². The van der Waals surface area contributed by atoms with E-state index in [9.17, 15) is 8.42 Å². The molecular formula is C16H24N4O3S. The molecule has 0 unspecified atom stereocenters. The van der Waals surface area contributed by atoms with E-state index in [1.165, 1.54) is 7.11 Å². The molecule has 1 atom stereocenters. The fourth-order valence-electron chi connectivity index (χ4n) is 2.63. The van der Waals surface area contributed by atoms with Crippen molar-refractivity contribution in [1.82, 2.24) is 19.5 Å². The molecule has 2 rings (SSSR count). The lowest BCUT2D eigenvalue weighted by Gasteiger charge is -2.18. The minimum absolute atomic E-state index is 0.142. The quantitative estimate of drug-likeness (QED) is 0.863. The number of hydrogen-bond acceptors (Lipinski definition) is 5. The van der Waals surface area contributed by atoms with Gasteiger partial charge in [-0.1, -0.05) is 6.07 Å². The molecule has 0 radical (unpaired) electrons. The van der Waals surface area contributed by atoms with Gasteiger partial charge in [0.2, 0.25) is 10.0 Å². The minimum Gasteiger partial charge on any atom is -0.496 e. The fourth-order valence-corrected chi connectivity index (χ4v) is 4.07. The number of nitrogens with one attached hydrogen (secondary N) is 1. The van der Waals surface area contributed by atoms with Crippen LogP contribution in [0.5, 0.6) is 5.75 Å². The van der Waals surface area contributed by atoms with Crippen molar-refractivity contribution in [1.29, 1.82) is 0 Å². The zero-order valence-corrected chi connectivity index (χ0v) is 15.7. The third-order valence-corrected chi connectivity index (χ3v) is 5.54. The third-order valence-electron chi connectivity index (χ3n) is 3.86.